The van der Waals surface area contributed by atoms with Crippen LogP contribution in [0, 0.1) is 5.82 Å². The number of ether oxygens (including phenoxy) is 2. The number of nitrogens with two attached hydrogens (primary N) is 2. The predicted octanol–water partition coefficient (Wildman–Crippen LogP) is 1.46. The number of nitrogens with zero attached hydrogens (tertiary/aromatic N) is 1. The van der Waals surface area contributed by atoms with E-state index >= 15 is 0 Å². The van der Waals surface area contributed by atoms with Gasteiger partial charge in [-0.15, -0.1) is 0 Å². The normalized spacial score (nSPS) is 18.8. The van der Waals surface area contributed by atoms with Gasteiger partial charge in [0.2, 0.25) is 5.91 Å². The molecule has 0 radical (unpaired) electrons. The number of hydrazine groups is 1. The summed E-state index contributed by atoms with van der Waals surface area (Å²) in [6.45, 7) is 1.17. The number of halogens is 1. The Bertz CT molecular complexity index is 1120. The number of carbonyl (C=O) groups excluding carboxylic acids is 2. The van der Waals surface area contributed by atoms with E-state index in [2.05, 4.69) is 10.7 Å². The van der Waals surface area contributed by atoms with Gasteiger partial charge in [0, 0.05) is 25.3 Å². The largest absolute Gasteiger partial charge is 0.496 e. The number of hydrogen-bond acceptors (Lipinski definition) is 7. The zero-order valence-electron chi connectivity index (χ0n) is 18.8. The van der Waals surface area contributed by atoms with Crippen molar-refractivity contribution >= 4 is 11.8 Å². The van der Waals surface area contributed by atoms with Gasteiger partial charge >= 0.3 is 0 Å². The van der Waals surface area contributed by atoms with Crippen molar-refractivity contribution in [3.05, 3.63) is 76.4 Å². The first-order chi connectivity index (χ1) is 16.4. The van der Waals surface area contributed by atoms with E-state index < -0.39 is 17.8 Å². The summed E-state index contributed by atoms with van der Waals surface area (Å²) in [7, 11) is 1.48. The Morgan fingerprint density at radius 1 is 1.24 bits per heavy atom. The average molecular weight is 470 g/mol. The van der Waals surface area contributed by atoms with Crippen LogP contribution in [0.5, 0.6) is 5.75 Å². The summed E-state index contributed by atoms with van der Waals surface area (Å²) in [5, 5.41) is 4.45. The maximum atomic E-state index is 15.0. The van der Waals surface area contributed by atoms with E-state index in [1.54, 1.807) is 41.4 Å². The first-order valence-corrected chi connectivity index (χ1v) is 11.0. The highest BCUT2D eigenvalue weighted by Crippen LogP contribution is 2.33. The summed E-state index contributed by atoms with van der Waals surface area (Å²) < 4.78 is 25.6. The lowest BCUT2D eigenvalue weighted by molar-refractivity contribution is -0.114. The fourth-order valence-corrected chi connectivity index (χ4v) is 4.30. The molecule has 2 aromatic rings. The summed E-state index contributed by atoms with van der Waals surface area (Å²) in [6.07, 6.45) is 1.48. The zero-order valence-corrected chi connectivity index (χ0v) is 18.8. The molecule has 2 heterocycles. The first kappa shape index (κ1) is 23.5. The van der Waals surface area contributed by atoms with Gasteiger partial charge in [-0.05, 0) is 36.6 Å². The Hall–Kier alpha value is -3.63. The molecule has 2 aliphatic rings. The summed E-state index contributed by atoms with van der Waals surface area (Å²) >= 11 is 0. The van der Waals surface area contributed by atoms with Crippen LogP contribution in [0.3, 0.4) is 0 Å². The molecule has 9 nitrogen and oxygen atoms in total. The minimum Gasteiger partial charge on any atom is -0.496 e. The molecule has 4 rings (SSSR count). The van der Waals surface area contributed by atoms with Crippen LogP contribution >= 0.6 is 0 Å². The molecule has 180 valence electrons. The number of amides is 2. The minimum absolute atomic E-state index is 0.0179. The highest BCUT2D eigenvalue weighted by molar-refractivity contribution is 5.97. The molecule has 0 spiro atoms. The second kappa shape index (κ2) is 10.1. The van der Waals surface area contributed by atoms with Gasteiger partial charge in [0.15, 0.2) is 0 Å². The number of nitrogens with one attached hydrogen (secondary N) is 2. The molecule has 2 aliphatic heterocycles. The van der Waals surface area contributed by atoms with E-state index in [0.717, 1.165) is 12.8 Å². The monoisotopic (exact) mass is 469 g/mol. The maximum Gasteiger partial charge on any atom is 0.255 e. The van der Waals surface area contributed by atoms with Crippen LogP contribution in [0.25, 0.3) is 0 Å². The van der Waals surface area contributed by atoms with Crippen molar-refractivity contribution in [2.24, 2.45) is 11.5 Å². The molecule has 1 fully saturated rings. The fraction of sp³-hybridized carbons (Fsp3) is 0.333. The topological polar surface area (TPSA) is 132 Å². The molecule has 1 unspecified atom stereocenters. The Morgan fingerprint density at radius 2 is 1.97 bits per heavy atom. The van der Waals surface area contributed by atoms with Crippen LogP contribution < -0.4 is 26.9 Å². The van der Waals surface area contributed by atoms with Gasteiger partial charge in [-0.3, -0.25) is 14.6 Å². The third-order valence-electron chi connectivity index (χ3n) is 6.12. The van der Waals surface area contributed by atoms with E-state index in [4.69, 9.17) is 20.9 Å². The van der Waals surface area contributed by atoms with Crippen molar-refractivity contribution in [3.8, 4) is 5.75 Å². The van der Waals surface area contributed by atoms with E-state index in [0.29, 0.717) is 35.7 Å². The van der Waals surface area contributed by atoms with Gasteiger partial charge in [0.05, 0.1) is 30.3 Å². The van der Waals surface area contributed by atoms with Crippen LogP contribution in [0.15, 0.2) is 53.9 Å². The van der Waals surface area contributed by atoms with Crippen molar-refractivity contribution in [2.75, 3.05) is 20.3 Å². The number of para-hydroxylation sites is 1. The molecule has 34 heavy (non-hydrogen) atoms. The van der Waals surface area contributed by atoms with Crippen LogP contribution in [-0.4, -0.2) is 43.2 Å². The molecule has 0 aromatic heterocycles. The molecule has 0 bridgehead atoms. The molecule has 1 saturated heterocycles. The molecule has 1 atom stereocenters. The lowest BCUT2D eigenvalue weighted by atomic mass is 9.98. The predicted molar refractivity (Wildman–Crippen MR) is 123 cm³/mol. The standard InChI is InChI=1S/C24H28FN5O4/c1-33-19-5-3-2-4-17(19)24(32)28-13-15-7-6-14(12-18(15)25)21-20(23(27)31)22(26)30(29-21)16-8-10-34-11-9-16/h2-7,12,16,21,29H,8-11,13,26H2,1H3,(H2,27,31)(H,28,32). The van der Waals surface area contributed by atoms with E-state index in [-0.39, 0.29) is 29.9 Å². The molecule has 2 amide bonds. The Balaban J connectivity index is 1.50. The quantitative estimate of drug-likeness (QED) is 0.483. The van der Waals surface area contributed by atoms with Crippen LogP contribution in [0.2, 0.25) is 0 Å². The highest BCUT2D eigenvalue weighted by Gasteiger charge is 2.38. The van der Waals surface area contributed by atoms with Crippen LogP contribution in [0.4, 0.5) is 4.39 Å². The summed E-state index contributed by atoms with van der Waals surface area (Å²) in [4.78, 5) is 24.7. The molecule has 6 N–H and O–H groups in total. The second-order valence-electron chi connectivity index (χ2n) is 8.17. The smallest absolute Gasteiger partial charge is 0.255 e. The minimum atomic E-state index is -0.674. The molecular weight excluding hydrogens is 441 g/mol. The summed E-state index contributed by atoms with van der Waals surface area (Å²) in [6, 6.07) is 10.7. The number of hydrogen-bond donors (Lipinski definition) is 4. The van der Waals surface area contributed by atoms with Crippen molar-refractivity contribution in [1.29, 1.82) is 0 Å². The summed E-state index contributed by atoms with van der Waals surface area (Å²) in [5.41, 5.74) is 16.4. The van der Waals surface area contributed by atoms with Gasteiger partial charge in [-0.2, -0.15) is 0 Å². The Morgan fingerprint density at radius 3 is 2.65 bits per heavy atom. The van der Waals surface area contributed by atoms with E-state index in [1.165, 1.54) is 13.2 Å². The van der Waals surface area contributed by atoms with Gasteiger partial charge in [0.25, 0.3) is 5.91 Å². The summed E-state index contributed by atoms with van der Waals surface area (Å²) in [5.74, 6) is -0.889. The lowest BCUT2D eigenvalue weighted by Gasteiger charge is -2.33. The third kappa shape index (κ3) is 4.68. The van der Waals surface area contributed by atoms with Gasteiger partial charge in [-0.25, -0.2) is 9.82 Å². The number of benzene rings is 2. The van der Waals surface area contributed by atoms with Crippen molar-refractivity contribution in [2.45, 2.75) is 31.5 Å². The van der Waals surface area contributed by atoms with Gasteiger partial charge < -0.3 is 26.3 Å². The van der Waals surface area contributed by atoms with Crippen LogP contribution in [0.1, 0.15) is 40.4 Å². The van der Waals surface area contributed by atoms with Crippen molar-refractivity contribution < 1.29 is 23.5 Å². The molecule has 10 heteroatoms. The third-order valence-corrected chi connectivity index (χ3v) is 6.12. The second-order valence-corrected chi connectivity index (χ2v) is 8.17. The number of carbonyl (C=O) groups is 2. The molecule has 0 saturated carbocycles. The Labute approximate surface area is 196 Å². The van der Waals surface area contributed by atoms with Gasteiger partial charge in [0.1, 0.15) is 17.4 Å². The first-order valence-electron chi connectivity index (χ1n) is 11.0. The fourth-order valence-electron chi connectivity index (χ4n) is 4.30. The van der Waals surface area contributed by atoms with E-state index in [1.807, 2.05) is 0 Å². The van der Waals surface area contributed by atoms with Crippen molar-refractivity contribution in [3.63, 3.8) is 0 Å². The number of methoxy groups -OCH3 is 1. The molecule has 0 aliphatic carbocycles. The van der Waals surface area contributed by atoms with Crippen LogP contribution in [-0.2, 0) is 16.1 Å². The number of primary amides is 1. The number of rotatable bonds is 7. The van der Waals surface area contributed by atoms with E-state index in [9.17, 15) is 14.0 Å². The lowest BCUT2D eigenvalue weighted by Crippen LogP contribution is -2.46. The average Bonchev–Trinajstić information content (AvgIpc) is 3.20. The molecular formula is C24H28FN5O4. The highest BCUT2D eigenvalue weighted by atomic mass is 19.1. The zero-order chi connectivity index (χ0) is 24.2. The maximum absolute atomic E-state index is 15.0. The van der Waals surface area contributed by atoms with Gasteiger partial charge in [-0.1, -0.05) is 24.3 Å². The molecule has 2 aromatic carbocycles. The Kier molecular flexibility index (Phi) is 6.99. The van der Waals surface area contributed by atoms with Crippen molar-refractivity contribution in [1.82, 2.24) is 15.8 Å². The SMILES string of the molecule is COc1ccccc1C(=O)NCc1ccc(C2NN(C3CCOCC3)C(N)=C2C(N)=O)cc1F.